The Bertz CT molecular complexity index is 631. The van der Waals surface area contributed by atoms with Crippen molar-refractivity contribution >= 4 is 22.7 Å². The summed E-state index contributed by atoms with van der Waals surface area (Å²) in [6.45, 7) is 0.561. The number of benzene rings is 1. The number of carbonyl (C=O) groups is 2. The highest BCUT2D eigenvalue weighted by molar-refractivity contribution is 5.84. The third kappa shape index (κ3) is 3.38. The number of aryl methyl sites for hydroxylation is 1. The van der Waals surface area contributed by atoms with Gasteiger partial charge in [-0.05, 0) is 18.1 Å². The first kappa shape index (κ1) is 14.1. The Morgan fingerprint density at radius 3 is 2.75 bits per heavy atom. The lowest BCUT2D eigenvalue weighted by molar-refractivity contribution is -0.125. The molecule has 20 heavy (non-hydrogen) atoms. The van der Waals surface area contributed by atoms with Crippen LogP contribution in [0.5, 0.6) is 0 Å². The van der Waals surface area contributed by atoms with Gasteiger partial charge in [0.2, 0.25) is 11.8 Å². The van der Waals surface area contributed by atoms with E-state index < -0.39 is 5.91 Å². The fourth-order valence-electron chi connectivity index (χ4n) is 2.29. The van der Waals surface area contributed by atoms with Crippen molar-refractivity contribution in [1.29, 1.82) is 0 Å². The van der Waals surface area contributed by atoms with E-state index >= 15 is 0 Å². The zero-order valence-corrected chi connectivity index (χ0v) is 11.6. The number of nitrogens with two attached hydrogens (primary N) is 1. The Morgan fingerprint density at radius 2 is 2.00 bits per heavy atom. The summed E-state index contributed by atoms with van der Waals surface area (Å²) in [7, 11) is 2.01. The van der Waals surface area contributed by atoms with Crippen LogP contribution in [-0.2, 0) is 23.1 Å². The van der Waals surface area contributed by atoms with Gasteiger partial charge >= 0.3 is 0 Å². The lowest BCUT2D eigenvalue weighted by Gasteiger charge is -2.03. The summed E-state index contributed by atoms with van der Waals surface area (Å²) >= 11 is 0. The number of nitrogens with zero attached hydrogens (tertiary/aromatic N) is 1. The van der Waals surface area contributed by atoms with Crippen LogP contribution in [0.2, 0.25) is 0 Å². The minimum absolute atomic E-state index is 0.0973. The summed E-state index contributed by atoms with van der Waals surface area (Å²) in [5, 5.41) is 4.01. The third-order valence-electron chi connectivity index (χ3n) is 3.29. The number of carbonyl (C=O) groups excluding carboxylic acids is 2. The highest BCUT2D eigenvalue weighted by Gasteiger charge is 2.07. The molecule has 1 aromatic heterocycles. The van der Waals surface area contributed by atoms with Gasteiger partial charge in [0, 0.05) is 43.5 Å². The minimum Gasteiger partial charge on any atom is -0.370 e. The van der Waals surface area contributed by atoms with Gasteiger partial charge in [-0.1, -0.05) is 18.2 Å². The van der Waals surface area contributed by atoms with Gasteiger partial charge in [0.05, 0.1) is 0 Å². The molecule has 0 saturated heterocycles. The van der Waals surface area contributed by atoms with Crippen molar-refractivity contribution < 1.29 is 9.59 Å². The third-order valence-corrected chi connectivity index (χ3v) is 3.29. The van der Waals surface area contributed by atoms with Crippen LogP contribution < -0.4 is 11.1 Å². The Hall–Kier alpha value is -2.30. The molecule has 2 amide bonds. The standard InChI is InChI=1S/C15H19N3O2/c1-18-10-11(12-4-2-3-5-13(12)18)8-9-17-15(20)7-6-14(16)19/h2-5,10H,6-9H2,1H3,(H2,16,19)(H,17,20). The largest absolute Gasteiger partial charge is 0.370 e. The molecule has 0 unspecified atom stereocenters. The molecule has 0 atom stereocenters. The first-order valence-corrected chi connectivity index (χ1v) is 6.66. The summed E-state index contributed by atoms with van der Waals surface area (Å²) in [4.78, 5) is 22.1. The molecule has 2 rings (SSSR count). The molecule has 0 fully saturated rings. The predicted molar refractivity (Wildman–Crippen MR) is 78.1 cm³/mol. The molecule has 106 valence electrons. The van der Waals surface area contributed by atoms with Crippen LogP contribution in [0.4, 0.5) is 0 Å². The Balaban J connectivity index is 1.90. The van der Waals surface area contributed by atoms with Gasteiger partial charge in [0.15, 0.2) is 0 Å². The monoisotopic (exact) mass is 273 g/mol. The highest BCUT2D eigenvalue weighted by atomic mass is 16.2. The first-order valence-electron chi connectivity index (χ1n) is 6.66. The second kappa shape index (κ2) is 6.23. The molecule has 1 heterocycles. The van der Waals surface area contributed by atoms with E-state index in [4.69, 9.17) is 5.73 Å². The van der Waals surface area contributed by atoms with Crippen molar-refractivity contribution in [3.05, 3.63) is 36.0 Å². The van der Waals surface area contributed by atoms with Crippen LogP contribution >= 0.6 is 0 Å². The maximum atomic E-state index is 11.5. The number of primary amides is 1. The number of nitrogens with one attached hydrogen (secondary N) is 1. The summed E-state index contributed by atoms with van der Waals surface area (Å²) < 4.78 is 2.08. The van der Waals surface area contributed by atoms with Gasteiger partial charge in [-0.2, -0.15) is 0 Å². The van der Waals surface area contributed by atoms with E-state index in [1.165, 1.54) is 16.5 Å². The lowest BCUT2D eigenvalue weighted by atomic mass is 10.1. The van der Waals surface area contributed by atoms with Crippen molar-refractivity contribution in [2.45, 2.75) is 19.3 Å². The minimum atomic E-state index is -0.450. The second-order valence-corrected chi connectivity index (χ2v) is 4.85. The van der Waals surface area contributed by atoms with Crippen LogP contribution in [0, 0.1) is 0 Å². The van der Waals surface area contributed by atoms with Crippen molar-refractivity contribution in [2.75, 3.05) is 6.54 Å². The fourth-order valence-corrected chi connectivity index (χ4v) is 2.29. The van der Waals surface area contributed by atoms with Crippen LogP contribution in [0.15, 0.2) is 30.5 Å². The maximum Gasteiger partial charge on any atom is 0.220 e. The van der Waals surface area contributed by atoms with Gasteiger partial charge in [0.25, 0.3) is 0 Å². The molecule has 1 aromatic carbocycles. The number of fused-ring (bicyclic) bond motifs is 1. The average molecular weight is 273 g/mol. The van der Waals surface area contributed by atoms with Crippen LogP contribution in [0.3, 0.4) is 0 Å². The number of amides is 2. The van der Waals surface area contributed by atoms with E-state index in [2.05, 4.69) is 28.2 Å². The first-order chi connectivity index (χ1) is 9.58. The molecule has 0 saturated carbocycles. The van der Waals surface area contributed by atoms with Gasteiger partial charge in [0.1, 0.15) is 0 Å². The van der Waals surface area contributed by atoms with Gasteiger partial charge in [-0.15, -0.1) is 0 Å². The lowest BCUT2D eigenvalue weighted by Crippen LogP contribution is -2.26. The Morgan fingerprint density at radius 1 is 1.25 bits per heavy atom. The Kier molecular flexibility index (Phi) is 4.40. The van der Waals surface area contributed by atoms with E-state index in [1.807, 2.05) is 19.2 Å². The topological polar surface area (TPSA) is 77.1 Å². The zero-order chi connectivity index (χ0) is 14.5. The van der Waals surface area contributed by atoms with Crippen molar-refractivity contribution in [2.24, 2.45) is 12.8 Å². The van der Waals surface area contributed by atoms with Crippen LogP contribution in [0.25, 0.3) is 10.9 Å². The average Bonchev–Trinajstić information content (AvgIpc) is 2.74. The van der Waals surface area contributed by atoms with E-state index in [0.29, 0.717) is 6.54 Å². The molecule has 5 heteroatoms. The summed E-state index contributed by atoms with van der Waals surface area (Å²) in [5.41, 5.74) is 7.39. The van der Waals surface area contributed by atoms with Gasteiger partial charge < -0.3 is 15.6 Å². The highest BCUT2D eigenvalue weighted by Crippen LogP contribution is 2.20. The van der Waals surface area contributed by atoms with Crippen molar-refractivity contribution in [3.8, 4) is 0 Å². The number of rotatable bonds is 6. The van der Waals surface area contributed by atoms with Crippen LogP contribution in [0.1, 0.15) is 18.4 Å². The van der Waals surface area contributed by atoms with E-state index in [0.717, 1.165) is 6.42 Å². The summed E-state index contributed by atoms with van der Waals surface area (Å²) in [5.74, 6) is -0.585. The number of aromatic nitrogens is 1. The molecule has 5 nitrogen and oxygen atoms in total. The smallest absolute Gasteiger partial charge is 0.220 e. The quantitative estimate of drug-likeness (QED) is 0.827. The molecule has 0 aliphatic carbocycles. The molecule has 3 N–H and O–H groups in total. The predicted octanol–water partition coefficient (Wildman–Crippen LogP) is 1.10. The summed E-state index contributed by atoms with van der Waals surface area (Å²) in [6.07, 6.45) is 3.11. The Labute approximate surface area is 117 Å². The molecule has 0 bridgehead atoms. The van der Waals surface area contributed by atoms with Crippen molar-refractivity contribution in [1.82, 2.24) is 9.88 Å². The number of hydrogen-bond acceptors (Lipinski definition) is 2. The maximum absolute atomic E-state index is 11.5. The fraction of sp³-hybridized carbons (Fsp3) is 0.333. The molecule has 0 spiro atoms. The van der Waals surface area contributed by atoms with Gasteiger partial charge in [-0.25, -0.2) is 0 Å². The number of hydrogen-bond donors (Lipinski definition) is 2. The van der Waals surface area contributed by atoms with Crippen LogP contribution in [-0.4, -0.2) is 22.9 Å². The second-order valence-electron chi connectivity index (χ2n) is 4.85. The normalized spacial score (nSPS) is 10.7. The number of para-hydroxylation sites is 1. The van der Waals surface area contributed by atoms with E-state index in [1.54, 1.807) is 0 Å². The van der Waals surface area contributed by atoms with E-state index in [-0.39, 0.29) is 18.7 Å². The SMILES string of the molecule is Cn1cc(CCNC(=O)CCC(N)=O)c2ccccc21. The molecule has 0 aliphatic rings. The molecular formula is C15H19N3O2. The van der Waals surface area contributed by atoms with E-state index in [9.17, 15) is 9.59 Å². The molecule has 0 aliphatic heterocycles. The molecule has 0 radical (unpaired) electrons. The van der Waals surface area contributed by atoms with Gasteiger partial charge in [-0.3, -0.25) is 9.59 Å². The van der Waals surface area contributed by atoms with Crippen molar-refractivity contribution in [3.63, 3.8) is 0 Å². The molecule has 2 aromatic rings. The zero-order valence-electron chi connectivity index (χ0n) is 11.6. The molecular weight excluding hydrogens is 254 g/mol. The summed E-state index contributed by atoms with van der Waals surface area (Å²) in [6, 6.07) is 8.18.